The summed E-state index contributed by atoms with van der Waals surface area (Å²) in [5.41, 5.74) is 6.82. The molecule has 0 bridgehead atoms. The Morgan fingerprint density at radius 1 is 1.31 bits per heavy atom. The number of rotatable bonds is 3. The van der Waals surface area contributed by atoms with E-state index in [1.165, 1.54) is 38.9 Å². The lowest BCUT2D eigenvalue weighted by Crippen LogP contribution is -2.37. The largest absolute Gasteiger partial charge is 0.330 e. The summed E-state index contributed by atoms with van der Waals surface area (Å²) >= 11 is 0. The van der Waals surface area contributed by atoms with Crippen molar-refractivity contribution in [3.05, 3.63) is 0 Å². The van der Waals surface area contributed by atoms with E-state index in [0.29, 0.717) is 5.41 Å². The van der Waals surface area contributed by atoms with E-state index in [0.717, 1.165) is 12.0 Å². The lowest BCUT2D eigenvalue weighted by molar-refractivity contribution is 0.208. The van der Waals surface area contributed by atoms with E-state index >= 15 is 0 Å². The molecule has 2 N–H and O–H groups in total. The molecule has 0 aromatic heterocycles. The zero-order chi connectivity index (χ0) is 9.53. The molecule has 0 atom stereocenters. The summed E-state index contributed by atoms with van der Waals surface area (Å²) in [6.45, 7) is 9.18. The summed E-state index contributed by atoms with van der Waals surface area (Å²) in [6.07, 6.45) is 4.40. The number of hydrogen-bond acceptors (Lipinski definition) is 2. The molecule has 0 radical (unpaired) electrons. The van der Waals surface area contributed by atoms with Gasteiger partial charge in [0, 0.05) is 13.1 Å². The maximum absolute atomic E-state index is 5.74. The van der Waals surface area contributed by atoms with Crippen LogP contribution in [-0.2, 0) is 0 Å². The van der Waals surface area contributed by atoms with Gasteiger partial charge in [0.1, 0.15) is 0 Å². The molecule has 1 saturated carbocycles. The van der Waals surface area contributed by atoms with Crippen LogP contribution < -0.4 is 5.73 Å². The molecule has 1 spiro atoms. The third kappa shape index (κ3) is 2.05. The third-order valence-corrected chi connectivity index (χ3v) is 3.68. The monoisotopic (exact) mass is 182 g/mol. The molecule has 2 aliphatic rings. The van der Waals surface area contributed by atoms with Crippen LogP contribution in [0.3, 0.4) is 0 Å². The van der Waals surface area contributed by atoms with Gasteiger partial charge in [-0.3, -0.25) is 0 Å². The van der Waals surface area contributed by atoms with Crippen molar-refractivity contribution in [3.8, 4) is 0 Å². The molecular formula is C11H22N2. The van der Waals surface area contributed by atoms with E-state index < -0.39 is 0 Å². The Labute approximate surface area is 81.5 Å². The first-order chi connectivity index (χ1) is 6.05. The highest BCUT2D eigenvalue weighted by Crippen LogP contribution is 2.52. The Hall–Kier alpha value is -0.0800. The van der Waals surface area contributed by atoms with Gasteiger partial charge in [-0.05, 0) is 43.2 Å². The molecule has 2 nitrogen and oxygen atoms in total. The molecule has 1 aliphatic heterocycles. The molecule has 0 aromatic carbocycles. The standard InChI is InChI=1S/C11H22N2/c1-10(2,7-12)8-13-6-5-11(9-13)3-4-11/h3-9,12H2,1-2H3. The van der Waals surface area contributed by atoms with Gasteiger partial charge >= 0.3 is 0 Å². The highest BCUT2D eigenvalue weighted by atomic mass is 15.2. The minimum atomic E-state index is 0.306. The Bertz CT molecular complexity index is 194. The smallest absolute Gasteiger partial charge is 0.00450 e. The Balaban J connectivity index is 1.83. The molecular weight excluding hydrogens is 160 g/mol. The highest BCUT2D eigenvalue weighted by Gasteiger charge is 2.47. The summed E-state index contributed by atoms with van der Waals surface area (Å²) in [4.78, 5) is 2.61. The lowest BCUT2D eigenvalue weighted by Gasteiger charge is -2.28. The number of hydrogen-bond donors (Lipinski definition) is 1. The summed E-state index contributed by atoms with van der Waals surface area (Å²) in [6, 6.07) is 0. The molecule has 76 valence electrons. The van der Waals surface area contributed by atoms with E-state index in [-0.39, 0.29) is 0 Å². The third-order valence-electron chi connectivity index (χ3n) is 3.68. The van der Waals surface area contributed by atoms with Crippen molar-refractivity contribution in [2.45, 2.75) is 33.1 Å². The Morgan fingerprint density at radius 2 is 2.00 bits per heavy atom. The minimum absolute atomic E-state index is 0.306. The predicted octanol–water partition coefficient (Wildman–Crippen LogP) is 1.46. The molecule has 0 aromatic rings. The van der Waals surface area contributed by atoms with Gasteiger partial charge in [-0.15, -0.1) is 0 Å². The zero-order valence-electron chi connectivity index (χ0n) is 8.97. The van der Waals surface area contributed by atoms with E-state index in [4.69, 9.17) is 5.73 Å². The summed E-state index contributed by atoms with van der Waals surface area (Å²) in [5.74, 6) is 0. The van der Waals surface area contributed by atoms with Gasteiger partial charge in [0.15, 0.2) is 0 Å². The molecule has 0 unspecified atom stereocenters. The van der Waals surface area contributed by atoms with Gasteiger partial charge in [-0.2, -0.15) is 0 Å². The molecule has 1 heterocycles. The zero-order valence-corrected chi connectivity index (χ0v) is 8.97. The van der Waals surface area contributed by atoms with Crippen molar-refractivity contribution >= 4 is 0 Å². The molecule has 2 heteroatoms. The summed E-state index contributed by atoms with van der Waals surface area (Å²) < 4.78 is 0. The fourth-order valence-electron chi connectivity index (χ4n) is 2.42. The molecule has 1 saturated heterocycles. The van der Waals surface area contributed by atoms with Crippen LogP contribution in [-0.4, -0.2) is 31.1 Å². The molecule has 2 fully saturated rings. The van der Waals surface area contributed by atoms with Crippen LogP contribution in [0.15, 0.2) is 0 Å². The van der Waals surface area contributed by atoms with E-state index in [2.05, 4.69) is 18.7 Å². The summed E-state index contributed by atoms with van der Waals surface area (Å²) in [7, 11) is 0. The van der Waals surface area contributed by atoms with Crippen molar-refractivity contribution in [2.75, 3.05) is 26.2 Å². The fraction of sp³-hybridized carbons (Fsp3) is 1.00. The number of nitrogens with two attached hydrogens (primary N) is 1. The van der Waals surface area contributed by atoms with Gasteiger partial charge < -0.3 is 10.6 Å². The average Bonchev–Trinajstić information content (AvgIpc) is 2.69. The first kappa shape index (κ1) is 9.47. The van der Waals surface area contributed by atoms with E-state index in [1.807, 2.05) is 0 Å². The van der Waals surface area contributed by atoms with E-state index in [1.54, 1.807) is 0 Å². The van der Waals surface area contributed by atoms with Gasteiger partial charge in [-0.1, -0.05) is 13.8 Å². The van der Waals surface area contributed by atoms with Crippen molar-refractivity contribution in [2.24, 2.45) is 16.6 Å². The van der Waals surface area contributed by atoms with Gasteiger partial charge in [0.25, 0.3) is 0 Å². The van der Waals surface area contributed by atoms with Crippen LogP contribution in [0, 0.1) is 10.8 Å². The van der Waals surface area contributed by atoms with Gasteiger partial charge in [0.2, 0.25) is 0 Å². The SMILES string of the molecule is CC(C)(CN)CN1CCC2(CC2)C1. The number of nitrogens with zero attached hydrogens (tertiary/aromatic N) is 1. The Kier molecular flexibility index (Phi) is 2.16. The number of likely N-dealkylation sites (tertiary alicyclic amines) is 1. The molecule has 13 heavy (non-hydrogen) atoms. The predicted molar refractivity (Wildman–Crippen MR) is 55.6 cm³/mol. The second kappa shape index (κ2) is 2.96. The molecule has 2 rings (SSSR count). The maximum Gasteiger partial charge on any atom is 0.00450 e. The van der Waals surface area contributed by atoms with Crippen LogP contribution in [0.4, 0.5) is 0 Å². The van der Waals surface area contributed by atoms with Crippen LogP contribution in [0.1, 0.15) is 33.1 Å². The van der Waals surface area contributed by atoms with Gasteiger partial charge in [0.05, 0.1) is 0 Å². The van der Waals surface area contributed by atoms with Crippen molar-refractivity contribution in [3.63, 3.8) is 0 Å². The van der Waals surface area contributed by atoms with Crippen molar-refractivity contribution in [1.82, 2.24) is 4.90 Å². The summed E-state index contributed by atoms with van der Waals surface area (Å²) in [5, 5.41) is 0. The normalized spacial score (nSPS) is 27.0. The van der Waals surface area contributed by atoms with Crippen LogP contribution >= 0.6 is 0 Å². The average molecular weight is 182 g/mol. The highest BCUT2D eigenvalue weighted by molar-refractivity contribution is 5.00. The van der Waals surface area contributed by atoms with Gasteiger partial charge in [-0.25, -0.2) is 0 Å². The first-order valence-corrected chi connectivity index (χ1v) is 5.48. The quantitative estimate of drug-likeness (QED) is 0.716. The molecule has 0 amide bonds. The second-order valence-electron chi connectivity index (χ2n) is 5.83. The molecule has 1 aliphatic carbocycles. The fourth-order valence-corrected chi connectivity index (χ4v) is 2.42. The van der Waals surface area contributed by atoms with E-state index in [9.17, 15) is 0 Å². The van der Waals surface area contributed by atoms with Crippen LogP contribution in [0.2, 0.25) is 0 Å². The first-order valence-electron chi connectivity index (χ1n) is 5.48. The van der Waals surface area contributed by atoms with Crippen LogP contribution in [0.5, 0.6) is 0 Å². The van der Waals surface area contributed by atoms with Crippen molar-refractivity contribution in [1.29, 1.82) is 0 Å². The Morgan fingerprint density at radius 3 is 2.46 bits per heavy atom. The topological polar surface area (TPSA) is 29.3 Å². The second-order valence-corrected chi connectivity index (χ2v) is 5.83. The minimum Gasteiger partial charge on any atom is -0.330 e. The maximum atomic E-state index is 5.74. The van der Waals surface area contributed by atoms with Crippen molar-refractivity contribution < 1.29 is 0 Å². The lowest BCUT2D eigenvalue weighted by atomic mass is 9.93. The van der Waals surface area contributed by atoms with Crippen LogP contribution in [0.25, 0.3) is 0 Å².